The van der Waals surface area contributed by atoms with Gasteiger partial charge in [-0.2, -0.15) is 0 Å². The fourth-order valence-electron chi connectivity index (χ4n) is 3.56. The van der Waals surface area contributed by atoms with Gasteiger partial charge in [0.1, 0.15) is 11.8 Å². The number of amides is 1. The van der Waals surface area contributed by atoms with Crippen LogP contribution in [-0.4, -0.2) is 42.8 Å². The maximum Gasteiger partial charge on any atom is 0.295 e. The first-order valence-corrected chi connectivity index (χ1v) is 9.85. The van der Waals surface area contributed by atoms with Crippen LogP contribution in [0.5, 0.6) is 0 Å². The first-order valence-electron chi connectivity index (χ1n) is 9.47. The van der Waals surface area contributed by atoms with Gasteiger partial charge >= 0.3 is 0 Å². The number of carbonyl (C=O) groups is 2. The van der Waals surface area contributed by atoms with Crippen LogP contribution in [0.3, 0.4) is 0 Å². The summed E-state index contributed by atoms with van der Waals surface area (Å²) in [5.74, 6) is -1.61. The van der Waals surface area contributed by atoms with Gasteiger partial charge in [0, 0.05) is 42.3 Å². The number of aliphatic hydroxyl groups is 1. The Morgan fingerprint density at radius 2 is 1.87 bits per heavy atom. The van der Waals surface area contributed by atoms with Crippen molar-refractivity contribution in [2.24, 2.45) is 0 Å². The number of Topliss-reactive ketones (excluding diaryl/α,β-unsaturated/α-hetero) is 1. The average molecular weight is 423 g/mol. The number of pyridine rings is 1. The van der Waals surface area contributed by atoms with Crippen molar-refractivity contribution >= 4 is 29.1 Å². The minimum absolute atomic E-state index is 0.0312. The van der Waals surface area contributed by atoms with Gasteiger partial charge in [0.2, 0.25) is 0 Å². The van der Waals surface area contributed by atoms with Crippen molar-refractivity contribution in [2.75, 3.05) is 6.54 Å². The van der Waals surface area contributed by atoms with Crippen molar-refractivity contribution < 1.29 is 14.7 Å². The van der Waals surface area contributed by atoms with Crippen LogP contribution in [0.15, 0.2) is 73.0 Å². The average Bonchev–Trinajstić information content (AvgIpc) is 3.37. The summed E-state index contributed by atoms with van der Waals surface area (Å²) < 4.78 is 1.90. The summed E-state index contributed by atoms with van der Waals surface area (Å²) in [5, 5.41) is 11.4. The van der Waals surface area contributed by atoms with E-state index < -0.39 is 17.7 Å². The predicted octanol–water partition coefficient (Wildman–Crippen LogP) is 3.44. The maximum absolute atomic E-state index is 12.9. The zero-order chi connectivity index (χ0) is 21.1. The third-order valence-corrected chi connectivity index (χ3v) is 5.25. The number of halogens is 1. The molecular weight excluding hydrogens is 404 g/mol. The summed E-state index contributed by atoms with van der Waals surface area (Å²) in [5.41, 5.74) is 0.968. The van der Waals surface area contributed by atoms with Gasteiger partial charge in [-0.1, -0.05) is 17.7 Å². The van der Waals surface area contributed by atoms with E-state index in [1.807, 2.05) is 10.8 Å². The number of rotatable bonds is 6. The quantitative estimate of drug-likeness (QED) is 0.373. The molecule has 2 aromatic heterocycles. The number of nitrogens with zero attached hydrogens (tertiary/aromatic N) is 4. The number of benzene rings is 1. The van der Waals surface area contributed by atoms with E-state index in [0.717, 1.165) is 0 Å². The fraction of sp³-hybridized carbons (Fsp3) is 0.182. The summed E-state index contributed by atoms with van der Waals surface area (Å²) in [4.78, 5) is 35.6. The van der Waals surface area contributed by atoms with Gasteiger partial charge in [-0.15, -0.1) is 0 Å². The lowest BCUT2D eigenvalue weighted by Crippen LogP contribution is -2.31. The molecular formula is C22H19ClN4O3. The molecule has 3 heterocycles. The Morgan fingerprint density at radius 3 is 2.53 bits per heavy atom. The van der Waals surface area contributed by atoms with E-state index in [1.165, 1.54) is 4.90 Å². The number of aromatic nitrogens is 3. The van der Waals surface area contributed by atoms with E-state index in [-0.39, 0.29) is 11.3 Å². The molecule has 1 atom stereocenters. The third kappa shape index (κ3) is 3.84. The van der Waals surface area contributed by atoms with Crippen molar-refractivity contribution in [3.63, 3.8) is 0 Å². The molecule has 0 bridgehead atoms. The van der Waals surface area contributed by atoms with E-state index in [0.29, 0.717) is 35.8 Å². The van der Waals surface area contributed by atoms with Crippen molar-refractivity contribution in [1.29, 1.82) is 0 Å². The number of hydrogen-bond donors (Lipinski definition) is 1. The zero-order valence-electron chi connectivity index (χ0n) is 16.0. The number of aryl methyl sites for hydroxylation is 1. The molecule has 7 nitrogen and oxygen atoms in total. The van der Waals surface area contributed by atoms with E-state index >= 15 is 0 Å². The molecule has 1 aliphatic rings. The normalized spacial score (nSPS) is 18.2. The topological polar surface area (TPSA) is 88.3 Å². The molecule has 3 aromatic rings. The fourth-order valence-corrected chi connectivity index (χ4v) is 3.69. The molecule has 1 fully saturated rings. The number of imidazole rings is 1. The molecule has 1 amide bonds. The third-order valence-electron chi connectivity index (χ3n) is 5.00. The van der Waals surface area contributed by atoms with Crippen LogP contribution in [0.2, 0.25) is 5.02 Å². The highest BCUT2D eigenvalue weighted by Crippen LogP contribution is 2.38. The second-order valence-electron chi connectivity index (χ2n) is 6.91. The van der Waals surface area contributed by atoms with E-state index in [4.69, 9.17) is 11.6 Å². The summed E-state index contributed by atoms with van der Waals surface area (Å²) >= 11 is 5.93. The summed E-state index contributed by atoms with van der Waals surface area (Å²) in [6, 6.07) is 11.0. The highest BCUT2D eigenvalue weighted by Gasteiger charge is 2.46. The van der Waals surface area contributed by atoms with Gasteiger partial charge in [0.15, 0.2) is 0 Å². The Morgan fingerprint density at radius 1 is 1.07 bits per heavy atom. The van der Waals surface area contributed by atoms with Crippen molar-refractivity contribution in [3.8, 4) is 0 Å². The molecule has 0 spiro atoms. The highest BCUT2D eigenvalue weighted by atomic mass is 35.5. The van der Waals surface area contributed by atoms with Crippen molar-refractivity contribution in [3.05, 3.63) is 89.2 Å². The number of ketones is 1. The largest absolute Gasteiger partial charge is 0.507 e. The second-order valence-corrected chi connectivity index (χ2v) is 7.34. The number of hydrogen-bond acceptors (Lipinski definition) is 5. The van der Waals surface area contributed by atoms with Crippen LogP contribution in [0.25, 0.3) is 5.76 Å². The number of likely N-dealkylation sites (tertiary alicyclic amines) is 1. The van der Waals surface area contributed by atoms with Gasteiger partial charge < -0.3 is 14.6 Å². The first kappa shape index (κ1) is 19.8. The van der Waals surface area contributed by atoms with Crippen LogP contribution in [0.1, 0.15) is 23.7 Å². The SMILES string of the molecule is O=C1C(=O)N(CCCn2ccnc2)[C@@H](c2ccccn2)C1=C(O)c1ccc(Cl)cc1. The van der Waals surface area contributed by atoms with Crippen LogP contribution < -0.4 is 0 Å². The lowest BCUT2D eigenvalue weighted by Gasteiger charge is -2.24. The lowest BCUT2D eigenvalue weighted by atomic mass is 9.98. The second kappa shape index (κ2) is 8.51. The zero-order valence-corrected chi connectivity index (χ0v) is 16.7. The molecule has 8 heteroatoms. The van der Waals surface area contributed by atoms with Crippen LogP contribution in [0, 0.1) is 0 Å². The van der Waals surface area contributed by atoms with Crippen LogP contribution in [0.4, 0.5) is 0 Å². The molecule has 1 aromatic carbocycles. The molecule has 1 saturated heterocycles. The van der Waals surface area contributed by atoms with E-state index in [9.17, 15) is 14.7 Å². The molecule has 1 N–H and O–H groups in total. The molecule has 152 valence electrons. The van der Waals surface area contributed by atoms with Crippen LogP contribution in [-0.2, 0) is 16.1 Å². The Kier molecular flexibility index (Phi) is 5.63. The monoisotopic (exact) mass is 422 g/mol. The molecule has 1 aliphatic heterocycles. The summed E-state index contributed by atoms with van der Waals surface area (Å²) in [6.07, 6.45) is 7.44. The van der Waals surface area contributed by atoms with Gasteiger partial charge in [0.05, 0.1) is 17.6 Å². The van der Waals surface area contributed by atoms with Crippen molar-refractivity contribution in [2.45, 2.75) is 19.0 Å². The van der Waals surface area contributed by atoms with Gasteiger partial charge in [-0.25, -0.2) is 4.98 Å². The number of carbonyl (C=O) groups excluding carboxylic acids is 2. The van der Waals surface area contributed by atoms with Crippen molar-refractivity contribution in [1.82, 2.24) is 19.4 Å². The Labute approximate surface area is 178 Å². The number of aliphatic hydroxyl groups excluding tert-OH is 1. The van der Waals surface area contributed by atoms with Gasteiger partial charge in [-0.3, -0.25) is 14.6 Å². The Hall–Kier alpha value is -3.45. The smallest absolute Gasteiger partial charge is 0.295 e. The van der Waals surface area contributed by atoms with Gasteiger partial charge in [-0.05, 0) is 42.8 Å². The van der Waals surface area contributed by atoms with Gasteiger partial charge in [0.25, 0.3) is 11.7 Å². The standard InChI is InChI=1S/C22H19ClN4O3/c23-16-7-5-15(6-8-16)20(28)18-19(17-4-1-2-9-25-17)27(22(30)21(18)29)12-3-11-26-13-10-24-14-26/h1-2,4-10,13-14,19,28H,3,11-12H2/t19-/m0/s1. The lowest BCUT2D eigenvalue weighted by molar-refractivity contribution is -0.140. The maximum atomic E-state index is 12.9. The minimum Gasteiger partial charge on any atom is -0.507 e. The highest BCUT2D eigenvalue weighted by molar-refractivity contribution is 6.46. The molecule has 30 heavy (non-hydrogen) atoms. The van der Waals surface area contributed by atoms with E-state index in [2.05, 4.69) is 9.97 Å². The minimum atomic E-state index is -0.760. The molecule has 0 radical (unpaired) electrons. The Balaban J connectivity index is 1.71. The molecule has 4 rings (SSSR count). The first-order chi connectivity index (χ1) is 14.6. The van der Waals surface area contributed by atoms with Crippen LogP contribution >= 0.6 is 11.6 Å². The van der Waals surface area contributed by atoms with E-state index in [1.54, 1.807) is 61.2 Å². The summed E-state index contributed by atoms with van der Waals surface area (Å²) in [7, 11) is 0. The Bertz CT molecular complexity index is 1080. The molecule has 0 unspecified atom stereocenters. The molecule has 0 aliphatic carbocycles. The predicted molar refractivity (Wildman–Crippen MR) is 112 cm³/mol. The molecule has 0 saturated carbocycles. The summed E-state index contributed by atoms with van der Waals surface area (Å²) in [6.45, 7) is 0.983.